The fourth-order valence-electron chi connectivity index (χ4n) is 1.27. The van der Waals surface area contributed by atoms with Gasteiger partial charge in [0.25, 0.3) is 0 Å². The highest BCUT2D eigenvalue weighted by Crippen LogP contribution is 2.08. The molecule has 3 nitrogen and oxygen atoms in total. The van der Waals surface area contributed by atoms with Gasteiger partial charge in [0.2, 0.25) is 0 Å². The van der Waals surface area contributed by atoms with Gasteiger partial charge in [-0.1, -0.05) is 50.8 Å². The Bertz CT molecular complexity index is 382. The number of carbonyl (C=O) groups excluding carboxylic acids is 1. The van der Waals surface area contributed by atoms with Crippen LogP contribution in [0.25, 0.3) is 6.08 Å². The molecule has 1 aromatic rings. The van der Waals surface area contributed by atoms with Crippen LogP contribution in [0.15, 0.2) is 30.8 Å². The summed E-state index contributed by atoms with van der Waals surface area (Å²) in [7, 11) is 0. The van der Waals surface area contributed by atoms with Crippen LogP contribution >= 0.6 is 0 Å². The molecule has 0 aliphatic heterocycles. The second-order valence-corrected chi connectivity index (χ2v) is 4.32. The van der Waals surface area contributed by atoms with E-state index in [1.807, 2.05) is 38.1 Å². The lowest BCUT2D eigenvalue weighted by atomic mass is 10.1. The molecule has 0 aromatic heterocycles. The van der Waals surface area contributed by atoms with Crippen molar-refractivity contribution in [2.75, 3.05) is 0 Å². The maximum absolute atomic E-state index is 11.5. The fourth-order valence-corrected chi connectivity index (χ4v) is 1.27. The van der Waals surface area contributed by atoms with E-state index >= 15 is 0 Å². The topological polar surface area (TPSA) is 52.3 Å². The minimum atomic E-state index is -0.553. The predicted octanol–water partition coefficient (Wildman–Crippen LogP) is 2.36. The van der Waals surface area contributed by atoms with Crippen molar-refractivity contribution in [1.82, 2.24) is 0 Å². The maximum Gasteiger partial charge on any atom is 0.323 e. The van der Waals surface area contributed by atoms with Crippen molar-refractivity contribution in [1.29, 1.82) is 0 Å². The number of hydrogen-bond acceptors (Lipinski definition) is 3. The number of ether oxygens (including phenoxy) is 1. The molecule has 0 bridgehead atoms. The number of benzene rings is 1. The Labute approximate surface area is 102 Å². The summed E-state index contributed by atoms with van der Waals surface area (Å²) in [5.74, 6) is -0.265. The third-order valence-electron chi connectivity index (χ3n) is 2.59. The van der Waals surface area contributed by atoms with Gasteiger partial charge in [0.15, 0.2) is 0 Å². The third kappa shape index (κ3) is 4.04. The summed E-state index contributed by atoms with van der Waals surface area (Å²) in [5.41, 5.74) is 7.67. The molecular formula is C14H19NO2. The predicted molar refractivity (Wildman–Crippen MR) is 69.1 cm³/mol. The molecule has 1 aromatic carbocycles. The van der Waals surface area contributed by atoms with Crippen molar-refractivity contribution in [2.45, 2.75) is 26.5 Å². The van der Waals surface area contributed by atoms with E-state index in [0.29, 0.717) is 0 Å². The van der Waals surface area contributed by atoms with Gasteiger partial charge in [-0.25, -0.2) is 0 Å². The number of esters is 1. The van der Waals surface area contributed by atoms with Crippen molar-refractivity contribution < 1.29 is 9.53 Å². The van der Waals surface area contributed by atoms with Crippen molar-refractivity contribution in [3.63, 3.8) is 0 Å². The van der Waals surface area contributed by atoms with Crippen LogP contribution in [0.5, 0.6) is 0 Å². The number of rotatable bonds is 5. The van der Waals surface area contributed by atoms with Gasteiger partial charge in [0.05, 0.1) is 0 Å². The maximum atomic E-state index is 11.5. The lowest BCUT2D eigenvalue weighted by Gasteiger charge is -2.14. The number of carbonyl (C=O) groups is 1. The molecule has 3 heteroatoms. The van der Waals surface area contributed by atoms with E-state index in [-0.39, 0.29) is 18.5 Å². The first-order valence-corrected chi connectivity index (χ1v) is 5.68. The Morgan fingerprint density at radius 2 is 2.00 bits per heavy atom. The van der Waals surface area contributed by atoms with Gasteiger partial charge in [0.1, 0.15) is 12.6 Å². The zero-order chi connectivity index (χ0) is 12.8. The second-order valence-electron chi connectivity index (χ2n) is 4.32. The largest absolute Gasteiger partial charge is 0.460 e. The molecule has 0 aliphatic carbocycles. The van der Waals surface area contributed by atoms with Crippen LogP contribution < -0.4 is 5.73 Å². The molecule has 0 radical (unpaired) electrons. The molecule has 0 unspecified atom stereocenters. The molecule has 0 spiro atoms. The van der Waals surface area contributed by atoms with Crippen LogP contribution in [0.1, 0.15) is 25.0 Å². The molecule has 17 heavy (non-hydrogen) atoms. The second kappa shape index (κ2) is 6.21. The average Bonchev–Trinajstić information content (AvgIpc) is 2.35. The molecule has 0 amide bonds. The fraction of sp³-hybridized carbons (Fsp3) is 0.357. The highest BCUT2D eigenvalue weighted by molar-refractivity contribution is 5.75. The van der Waals surface area contributed by atoms with Gasteiger partial charge >= 0.3 is 5.97 Å². The molecule has 92 valence electrons. The summed E-state index contributed by atoms with van der Waals surface area (Å²) in [4.78, 5) is 11.5. The molecule has 0 saturated heterocycles. The highest BCUT2D eigenvalue weighted by Gasteiger charge is 2.18. The molecular weight excluding hydrogens is 214 g/mol. The zero-order valence-corrected chi connectivity index (χ0v) is 10.3. The first-order valence-electron chi connectivity index (χ1n) is 5.68. The lowest BCUT2D eigenvalue weighted by Crippen LogP contribution is -2.36. The van der Waals surface area contributed by atoms with Gasteiger partial charge in [-0.3, -0.25) is 4.79 Å². The van der Waals surface area contributed by atoms with Crippen LogP contribution in [0.3, 0.4) is 0 Å². The SMILES string of the molecule is C=Cc1ccc(COC(=O)[C@@H](N)C(C)C)cc1. The highest BCUT2D eigenvalue weighted by atomic mass is 16.5. The molecule has 0 fully saturated rings. The van der Waals surface area contributed by atoms with Crippen LogP contribution in [-0.2, 0) is 16.1 Å². The minimum Gasteiger partial charge on any atom is -0.460 e. The summed E-state index contributed by atoms with van der Waals surface area (Å²) in [5, 5.41) is 0. The summed E-state index contributed by atoms with van der Waals surface area (Å²) in [6, 6.07) is 7.12. The van der Waals surface area contributed by atoms with Gasteiger partial charge in [-0.05, 0) is 17.0 Å². The Balaban J connectivity index is 2.50. The molecule has 0 saturated carbocycles. The first kappa shape index (κ1) is 13.5. The van der Waals surface area contributed by atoms with Crippen LogP contribution in [0.2, 0.25) is 0 Å². The molecule has 2 N–H and O–H groups in total. The van der Waals surface area contributed by atoms with Crippen LogP contribution in [-0.4, -0.2) is 12.0 Å². The van der Waals surface area contributed by atoms with E-state index in [1.54, 1.807) is 6.08 Å². The zero-order valence-electron chi connectivity index (χ0n) is 10.3. The Kier molecular flexibility index (Phi) is 4.91. The van der Waals surface area contributed by atoms with Gasteiger partial charge in [0, 0.05) is 0 Å². The Hall–Kier alpha value is -1.61. The number of nitrogens with two attached hydrogens (primary N) is 1. The Morgan fingerprint density at radius 1 is 1.41 bits per heavy atom. The van der Waals surface area contributed by atoms with Gasteiger partial charge in [-0.15, -0.1) is 0 Å². The van der Waals surface area contributed by atoms with Gasteiger partial charge in [-0.2, -0.15) is 0 Å². The summed E-state index contributed by atoms with van der Waals surface area (Å²) >= 11 is 0. The normalized spacial score (nSPS) is 12.2. The quantitative estimate of drug-likeness (QED) is 0.794. The molecule has 1 rings (SSSR count). The molecule has 0 heterocycles. The van der Waals surface area contributed by atoms with E-state index in [4.69, 9.17) is 10.5 Å². The average molecular weight is 233 g/mol. The van der Waals surface area contributed by atoms with Crippen LogP contribution in [0.4, 0.5) is 0 Å². The third-order valence-corrected chi connectivity index (χ3v) is 2.59. The van der Waals surface area contributed by atoms with E-state index in [2.05, 4.69) is 6.58 Å². The van der Waals surface area contributed by atoms with Crippen LogP contribution in [0, 0.1) is 5.92 Å². The van der Waals surface area contributed by atoms with E-state index < -0.39 is 6.04 Å². The van der Waals surface area contributed by atoms with Crippen molar-refractivity contribution in [3.8, 4) is 0 Å². The summed E-state index contributed by atoms with van der Waals surface area (Å²) < 4.78 is 5.13. The monoisotopic (exact) mass is 233 g/mol. The van der Waals surface area contributed by atoms with Crippen molar-refractivity contribution in [3.05, 3.63) is 42.0 Å². The van der Waals surface area contributed by atoms with E-state index in [0.717, 1.165) is 11.1 Å². The molecule has 1 atom stereocenters. The smallest absolute Gasteiger partial charge is 0.323 e. The van der Waals surface area contributed by atoms with Crippen molar-refractivity contribution >= 4 is 12.0 Å². The van der Waals surface area contributed by atoms with E-state index in [9.17, 15) is 4.79 Å². The Morgan fingerprint density at radius 3 is 2.47 bits per heavy atom. The summed E-state index contributed by atoms with van der Waals surface area (Å²) in [6.45, 7) is 7.72. The number of hydrogen-bond donors (Lipinski definition) is 1. The minimum absolute atomic E-state index is 0.0886. The molecule has 0 aliphatic rings. The van der Waals surface area contributed by atoms with Crippen molar-refractivity contribution in [2.24, 2.45) is 11.7 Å². The first-order chi connectivity index (χ1) is 8.04. The standard InChI is InChI=1S/C14H19NO2/c1-4-11-5-7-12(8-6-11)9-17-14(16)13(15)10(2)3/h4-8,10,13H,1,9,15H2,2-3H3/t13-/m0/s1. The lowest BCUT2D eigenvalue weighted by molar-refractivity contribution is -0.147. The summed E-state index contributed by atoms with van der Waals surface area (Å²) in [6.07, 6.45) is 1.77. The van der Waals surface area contributed by atoms with Gasteiger partial charge < -0.3 is 10.5 Å². The van der Waals surface area contributed by atoms with E-state index in [1.165, 1.54) is 0 Å².